The monoisotopic (exact) mass is 396 g/mol. The second-order valence-corrected chi connectivity index (χ2v) is 8.85. The van der Waals surface area contributed by atoms with E-state index in [0.717, 1.165) is 36.9 Å². The number of anilines is 1. The van der Waals surface area contributed by atoms with Crippen molar-refractivity contribution in [3.63, 3.8) is 0 Å². The number of hydrogen-bond donors (Lipinski definition) is 1. The van der Waals surface area contributed by atoms with Gasteiger partial charge in [-0.2, -0.15) is 0 Å². The number of nitrogens with zero attached hydrogens (tertiary/aromatic N) is 1. The number of halogens is 2. The first kappa shape index (κ1) is 20.6. The zero-order chi connectivity index (χ0) is 18.7. The van der Waals surface area contributed by atoms with Crippen molar-refractivity contribution in [3.05, 3.63) is 29.6 Å². The highest BCUT2D eigenvalue weighted by Crippen LogP contribution is 2.55. The largest absolute Gasteiger partial charge is 0.378 e. The zero-order valence-corrected chi connectivity index (χ0v) is 17.2. The second-order valence-electron chi connectivity index (χ2n) is 8.85. The lowest BCUT2D eigenvalue weighted by Crippen LogP contribution is -2.76. The van der Waals surface area contributed by atoms with E-state index in [9.17, 15) is 9.18 Å². The maximum absolute atomic E-state index is 14.7. The molecule has 3 aliphatic rings. The summed E-state index contributed by atoms with van der Waals surface area (Å²) in [6.45, 7) is 7.12. The van der Waals surface area contributed by atoms with Crippen molar-refractivity contribution in [2.24, 2.45) is 11.1 Å². The normalized spacial score (nSPS) is 30.0. The third-order valence-corrected chi connectivity index (χ3v) is 7.29. The summed E-state index contributed by atoms with van der Waals surface area (Å²) in [4.78, 5) is 15.3. The maximum Gasteiger partial charge on any atom is 0.247 e. The number of amides is 1. The smallest absolute Gasteiger partial charge is 0.247 e. The molecule has 1 aromatic carbocycles. The molecule has 1 aromatic rings. The number of hydrogen-bond acceptors (Lipinski definition) is 3. The van der Waals surface area contributed by atoms with Gasteiger partial charge in [0.1, 0.15) is 11.4 Å². The van der Waals surface area contributed by atoms with E-state index in [1.54, 1.807) is 11.0 Å². The van der Waals surface area contributed by atoms with E-state index in [2.05, 4.69) is 0 Å². The third kappa shape index (κ3) is 2.65. The number of rotatable bonds is 3. The Labute approximate surface area is 167 Å². The lowest BCUT2D eigenvalue weighted by molar-refractivity contribution is -0.168. The first-order chi connectivity index (χ1) is 12.3. The summed E-state index contributed by atoms with van der Waals surface area (Å²) in [7, 11) is 0. The summed E-state index contributed by atoms with van der Waals surface area (Å²) in [6, 6.07) is 5.09. The van der Waals surface area contributed by atoms with Gasteiger partial charge in [-0.15, -0.1) is 12.4 Å². The molecule has 4 rings (SSSR count). The SMILES string of the molecule is CCOC1CC(N)(C(=O)N2CC3(CCCC3)c3c(F)cccc32)C1(C)C.Cl. The van der Waals surface area contributed by atoms with Crippen molar-refractivity contribution in [3.8, 4) is 0 Å². The van der Waals surface area contributed by atoms with Gasteiger partial charge in [0.2, 0.25) is 5.91 Å². The van der Waals surface area contributed by atoms with Crippen LogP contribution in [0.15, 0.2) is 18.2 Å². The summed E-state index contributed by atoms with van der Waals surface area (Å²) in [5.41, 5.74) is 6.44. The van der Waals surface area contributed by atoms with Gasteiger partial charge >= 0.3 is 0 Å². The summed E-state index contributed by atoms with van der Waals surface area (Å²) < 4.78 is 20.5. The highest BCUT2D eigenvalue weighted by Gasteiger charge is 2.65. The molecule has 1 aliphatic heterocycles. The van der Waals surface area contributed by atoms with Crippen LogP contribution in [-0.2, 0) is 14.9 Å². The molecule has 0 aromatic heterocycles. The zero-order valence-electron chi connectivity index (χ0n) is 16.4. The van der Waals surface area contributed by atoms with E-state index in [4.69, 9.17) is 10.5 Å². The topological polar surface area (TPSA) is 55.6 Å². The van der Waals surface area contributed by atoms with E-state index < -0.39 is 11.0 Å². The molecule has 2 N–H and O–H groups in total. The number of carbonyl (C=O) groups is 1. The Morgan fingerprint density at radius 2 is 2.00 bits per heavy atom. The van der Waals surface area contributed by atoms with E-state index in [1.165, 1.54) is 6.07 Å². The molecule has 1 spiro atoms. The molecular formula is C21H30ClFN2O2. The van der Waals surface area contributed by atoms with E-state index in [0.29, 0.717) is 19.6 Å². The molecule has 1 heterocycles. The van der Waals surface area contributed by atoms with Crippen LogP contribution in [0, 0.1) is 11.2 Å². The maximum atomic E-state index is 14.7. The average molecular weight is 397 g/mol. The number of carbonyl (C=O) groups excluding carboxylic acids is 1. The summed E-state index contributed by atoms with van der Waals surface area (Å²) in [5, 5.41) is 0. The van der Waals surface area contributed by atoms with Crippen LogP contribution in [0.25, 0.3) is 0 Å². The highest BCUT2D eigenvalue weighted by atomic mass is 35.5. The van der Waals surface area contributed by atoms with Gasteiger partial charge in [0.15, 0.2) is 0 Å². The Kier molecular flexibility index (Phi) is 5.11. The molecule has 2 unspecified atom stereocenters. The van der Waals surface area contributed by atoms with Gasteiger partial charge in [0, 0.05) is 36.0 Å². The molecule has 27 heavy (non-hydrogen) atoms. The number of nitrogens with two attached hydrogens (primary N) is 1. The number of fused-ring (bicyclic) bond motifs is 2. The predicted octanol–water partition coefficient (Wildman–Crippen LogP) is 3.94. The minimum atomic E-state index is -0.972. The molecule has 4 nitrogen and oxygen atoms in total. The third-order valence-electron chi connectivity index (χ3n) is 7.29. The minimum Gasteiger partial charge on any atom is -0.378 e. The number of benzene rings is 1. The van der Waals surface area contributed by atoms with Crippen molar-refractivity contribution in [1.82, 2.24) is 0 Å². The van der Waals surface area contributed by atoms with Gasteiger partial charge in [-0.25, -0.2) is 4.39 Å². The Morgan fingerprint density at radius 3 is 2.59 bits per heavy atom. The molecule has 2 fully saturated rings. The molecule has 0 saturated heterocycles. The fraction of sp³-hybridized carbons (Fsp3) is 0.667. The Bertz CT molecular complexity index is 748. The van der Waals surface area contributed by atoms with Crippen molar-refractivity contribution >= 4 is 24.0 Å². The van der Waals surface area contributed by atoms with Gasteiger partial charge < -0.3 is 15.4 Å². The van der Waals surface area contributed by atoms with E-state index in [-0.39, 0.29) is 35.7 Å². The first-order valence-corrected chi connectivity index (χ1v) is 9.78. The quantitative estimate of drug-likeness (QED) is 0.841. The van der Waals surface area contributed by atoms with Crippen molar-refractivity contribution in [1.29, 1.82) is 0 Å². The van der Waals surface area contributed by atoms with Gasteiger partial charge in [-0.05, 0) is 31.9 Å². The van der Waals surface area contributed by atoms with E-state index in [1.807, 2.05) is 26.8 Å². The van der Waals surface area contributed by atoms with Crippen LogP contribution in [0.4, 0.5) is 10.1 Å². The fourth-order valence-corrected chi connectivity index (χ4v) is 5.41. The molecule has 0 bridgehead atoms. The molecule has 0 radical (unpaired) electrons. The molecule has 2 saturated carbocycles. The summed E-state index contributed by atoms with van der Waals surface area (Å²) >= 11 is 0. The summed E-state index contributed by atoms with van der Waals surface area (Å²) in [5.74, 6) is -0.278. The summed E-state index contributed by atoms with van der Waals surface area (Å²) in [6.07, 6.45) is 4.54. The standard InChI is InChI=1S/C21H29FN2O2.ClH/c1-4-26-16-12-21(23,19(16,2)3)18(25)24-13-20(10-5-6-11-20)17-14(22)8-7-9-15(17)24;/h7-9,16H,4-6,10-13,23H2,1-3H3;1H. The highest BCUT2D eigenvalue weighted by molar-refractivity contribution is 6.04. The molecular weight excluding hydrogens is 367 g/mol. The Balaban J connectivity index is 0.00000210. The van der Waals surface area contributed by atoms with Crippen LogP contribution < -0.4 is 10.6 Å². The van der Waals surface area contributed by atoms with Crippen LogP contribution >= 0.6 is 12.4 Å². The van der Waals surface area contributed by atoms with Crippen LogP contribution in [0.2, 0.25) is 0 Å². The van der Waals surface area contributed by atoms with Crippen LogP contribution in [-0.4, -0.2) is 30.7 Å². The average Bonchev–Trinajstić information content (AvgIpc) is 3.20. The lowest BCUT2D eigenvalue weighted by Gasteiger charge is -2.58. The Morgan fingerprint density at radius 1 is 1.33 bits per heavy atom. The Hall–Kier alpha value is -1.17. The second kappa shape index (κ2) is 6.71. The van der Waals surface area contributed by atoms with Gasteiger partial charge in [-0.3, -0.25) is 4.79 Å². The molecule has 6 heteroatoms. The molecule has 2 aliphatic carbocycles. The first-order valence-electron chi connectivity index (χ1n) is 9.78. The van der Waals surface area contributed by atoms with Gasteiger partial charge in [-0.1, -0.05) is 32.8 Å². The van der Waals surface area contributed by atoms with E-state index >= 15 is 0 Å². The van der Waals surface area contributed by atoms with Crippen LogP contribution in [0.1, 0.15) is 58.4 Å². The van der Waals surface area contributed by atoms with Crippen LogP contribution in [0.5, 0.6) is 0 Å². The van der Waals surface area contributed by atoms with Crippen molar-refractivity contribution in [2.45, 2.75) is 69.9 Å². The van der Waals surface area contributed by atoms with Gasteiger partial charge in [0.05, 0.1) is 11.8 Å². The van der Waals surface area contributed by atoms with Gasteiger partial charge in [0.25, 0.3) is 0 Å². The molecule has 150 valence electrons. The minimum absolute atomic E-state index is 0. The lowest BCUT2D eigenvalue weighted by atomic mass is 9.54. The van der Waals surface area contributed by atoms with Crippen LogP contribution in [0.3, 0.4) is 0 Å². The number of ether oxygens (including phenoxy) is 1. The molecule has 2 atom stereocenters. The molecule has 1 amide bonds. The predicted molar refractivity (Wildman–Crippen MR) is 107 cm³/mol. The van der Waals surface area contributed by atoms with Crippen molar-refractivity contribution in [2.75, 3.05) is 18.1 Å². The van der Waals surface area contributed by atoms with Crippen molar-refractivity contribution < 1.29 is 13.9 Å². The fourth-order valence-electron chi connectivity index (χ4n) is 5.41.